The lowest BCUT2D eigenvalue weighted by Crippen LogP contribution is -2.33. The first-order valence-corrected chi connectivity index (χ1v) is 6.04. The molecule has 2 rings (SSSR count). The van der Waals surface area contributed by atoms with Gasteiger partial charge in [-0.1, -0.05) is 6.07 Å². The van der Waals surface area contributed by atoms with Gasteiger partial charge in [0.25, 0.3) is 0 Å². The highest BCUT2D eigenvalue weighted by molar-refractivity contribution is 5.96. The van der Waals surface area contributed by atoms with Crippen LogP contribution in [-0.4, -0.2) is 35.8 Å². The van der Waals surface area contributed by atoms with Crippen LogP contribution in [0.3, 0.4) is 0 Å². The highest BCUT2D eigenvalue weighted by atomic mass is 16.1. The molecule has 1 aromatic rings. The molecule has 0 spiro atoms. The van der Waals surface area contributed by atoms with E-state index in [4.69, 9.17) is 5.73 Å². The molecular formula is C13H19N3O. The van der Waals surface area contributed by atoms with E-state index in [-0.39, 0.29) is 11.7 Å². The Bertz CT molecular complexity index is 423. The molecule has 0 amide bonds. The zero-order valence-corrected chi connectivity index (χ0v) is 10.4. The molecule has 2 heterocycles. The Labute approximate surface area is 102 Å². The smallest absolute Gasteiger partial charge is 0.184 e. The van der Waals surface area contributed by atoms with E-state index in [0.29, 0.717) is 11.5 Å². The lowest BCUT2D eigenvalue weighted by Gasteiger charge is -2.27. The Kier molecular flexibility index (Phi) is 3.43. The van der Waals surface area contributed by atoms with E-state index in [9.17, 15) is 4.79 Å². The number of nitrogens with two attached hydrogens (primary N) is 1. The molecule has 17 heavy (non-hydrogen) atoms. The van der Waals surface area contributed by atoms with Crippen molar-refractivity contribution in [3.63, 3.8) is 0 Å². The molecule has 0 atom stereocenters. The molecule has 0 aliphatic carbocycles. The van der Waals surface area contributed by atoms with Crippen molar-refractivity contribution >= 4 is 11.6 Å². The minimum Gasteiger partial charge on any atom is -0.383 e. The number of aromatic nitrogens is 1. The van der Waals surface area contributed by atoms with Crippen LogP contribution < -0.4 is 5.73 Å². The Morgan fingerprint density at radius 2 is 2.06 bits per heavy atom. The summed E-state index contributed by atoms with van der Waals surface area (Å²) in [6.45, 7) is 3.86. The Morgan fingerprint density at radius 1 is 1.41 bits per heavy atom. The minimum absolute atomic E-state index is 0.112. The molecule has 4 heteroatoms. The Morgan fingerprint density at radius 3 is 2.65 bits per heavy atom. The molecule has 4 nitrogen and oxygen atoms in total. The number of nitrogen functional groups attached to an aromatic ring is 1. The maximum absolute atomic E-state index is 12.2. The molecule has 0 saturated carbocycles. The first kappa shape index (κ1) is 12.0. The molecule has 1 fully saturated rings. The monoisotopic (exact) mass is 233 g/mol. The van der Waals surface area contributed by atoms with Crippen LogP contribution >= 0.6 is 0 Å². The number of pyridine rings is 1. The van der Waals surface area contributed by atoms with Crippen molar-refractivity contribution < 1.29 is 4.79 Å². The number of hydrogen-bond acceptors (Lipinski definition) is 4. The first-order chi connectivity index (χ1) is 8.08. The number of aryl methyl sites for hydroxylation is 1. The van der Waals surface area contributed by atoms with Gasteiger partial charge in [-0.3, -0.25) is 4.79 Å². The summed E-state index contributed by atoms with van der Waals surface area (Å²) in [4.78, 5) is 18.7. The van der Waals surface area contributed by atoms with Gasteiger partial charge in [0.15, 0.2) is 5.78 Å². The standard InChI is InChI=1S/C13H19N3O/c1-9-3-4-11(15-13(9)14)12(17)10-5-7-16(2)8-6-10/h3-4,10H,5-8H2,1-2H3,(H2,14,15). The third-order valence-corrected chi connectivity index (χ3v) is 3.48. The van der Waals surface area contributed by atoms with Crippen molar-refractivity contribution in [3.05, 3.63) is 23.4 Å². The lowest BCUT2D eigenvalue weighted by molar-refractivity contribution is 0.0851. The molecule has 0 unspecified atom stereocenters. The van der Waals surface area contributed by atoms with Gasteiger partial charge in [-0.2, -0.15) is 0 Å². The molecule has 1 aliphatic rings. The van der Waals surface area contributed by atoms with Crippen LogP contribution in [-0.2, 0) is 0 Å². The number of rotatable bonds is 2. The molecule has 0 bridgehead atoms. The average Bonchev–Trinajstić information content (AvgIpc) is 2.33. The lowest BCUT2D eigenvalue weighted by atomic mass is 9.91. The summed E-state index contributed by atoms with van der Waals surface area (Å²) < 4.78 is 0. The highest BCUT2D eigenvalue weighted by Gasteiger charge is 2.25. The molecule has 1 aliphatic heterocycles. The Hall–Kier alpha value is -1.42. The van der Waals surface area contributed by atoms with Gasteiger partial charge in [0.1, 0.15) is 11.5 Å². The summed E-state index contributed by atoms with van der Waals surface area (Å²) in [7, 11) is 2.09. The Balaban J connectivity index is 2.11. The van der Waals surface area contributed by atoms with Crippen LogP contribution in [0, 0.1) is 12.8 Å². The number of anilines is 1. The topological polar surface area (TPSA) is 59.2 Å². The minimum atomic E-state index is 0.112. The summed E-state index contributed by atoms with van der Waals surface area (Å²) in [6, 6.07) is 3.65. The van der Waals surface area contributed by atoms with E-state index in [0.717, 1.165) is 31.5 Å². The second-order valence-corrected chi connectivity index (χ2v) is 4.84. The van der Waals surface area contributed by atoms with Crippen molar-refractivity contribution in [1.29, 1.82) is 0 Å². The number of carbonyl (C=O) groups is 1. The molecular weight excluding hydrogens is 214 g/mol. The number of hydrogen-bond donors (Lipinski definition) is 1. The van der Waals surface area contributed by atoms with Crippen LogP contribution in [0.15, 0.2) is 12.1 Å². The number of likely N-dealkylation sites (tertiary alicyclic amines) is 1. The van der Waals surface area contributed by atoms with Crippen molar-refractivity contribution in [2.45, 2.75) is 19.8 Å². The number of piperidine rings is 1. The van der Waals surface area contributed by atoms with E-state index < -0.39 is 0 Å². The molecule has 1 saturated heterocycles. The zero-order valence-electron chi connectivity index (χ0n) is 10.4. The van der Waals surface area contributed by atoms with Gasteiger partial charge in [-0.15, -0.1) is 0 Å². The summed E-state index contributed by atoms with van der Waals surface area (Å²) in [6.07, 6.45) is 1.84. The predicted octanol–water partition coefficient (Wildman–Crippen LogP) is 1.50. The molecule has 92 valence electrons. The zero-order chi connectivity index (χ0) is 12.4. The summed E-state index contributed by atoms with van der Waals surface area (Å²) in [5, 5.41) is 0. The molecule has 0 aromatic carbocycles. The largest absolute Gasteiger partial charge is 0.383 e. The highest BCUT2D eigenvalue weighted by Crippen LogP contribution is 2.21. The normalized spacial score (nSPS) is 18.2. The fraction of sp³-hybridized carbons (Fsp3) is 0.538. The number of ketones is 1. The van der Waals surface area contributed by atoms with E-state index in [1.807, 2.05) is 13.0 Å². The maximum Gasteiger partial charge on any atom is 0.184 e. The average molecular weight is 233 g/mol. The third kappa shape index (κ3) is 2.64. The van der Waals surface area contributed by atoms with E-state index in [2.05, 4.69) is 16.9 Å². The first-order valence-electron chi connectivity index (χ1n) is 6.04. The summed E-state index contributed by atoms with van der Waals surface area (Å²) in [5.74, 6) is 0.717. The van der Waals surface area contributed by atoms with Crippen molar-refractivity contribution in [2.75, 3.05) is 25.9 Å². The number of carbonyl (C=O) groups excluding carboxylic acids is 1. The fourth-order valence-corrected chi connectivity index (χ4v) is 2.16. The second kappa shape index (κ2) is 4.84. The number of Topliss-reactive ketones (excluding diaryl/α,β-unsaturated/α-hetero) is 1. The van der Waals surface area contributed by atoms with Crippen LogP contribution in [0.4, 0.5) is 5.82 Å². The van der Waals surface area contributed by atoms with Gasteiger partial charge in [-0.05, 0) is 51.5 Å². The summed E-state index contributed by atoms with van der Waals surface area (Å²) >= 11 is 0. The second-order valence-electron chi connectivity index (χ2n) is 4.84. The van der Waals surface area contributed by atoms with Gasteiger partial charge in [0.05, 0.1) is 0 Å². The predicted molar refractivity (Wildman–Crippen MR) is 67.9 cm³/mol. The van der Waals surface area contributed by atoms with E-state index in [1.54, 1.807) is 6.07 Å². The van der Waals surface area contributed by atoms with Crippen LogP contribution in [0.25, 0.3) is 0 Å². The van der Waals surface area contributed by atoms with Gasteiger partial charge in [0, 0.05) is 5.92 Å². The molecule has 1 aromatic heterocycles. The molecule has 2 N–H and O–H groups in total. The fourth-order valence-electron chi connectivity index (χ4n) is 2.16. The van der Waals surface area contributed by atoms with Crippen molar-refractivity contribution in [1.82, 2.24) is 9.88 Å². The van der Waals surface area contributed by atoms with Crippen LogP contribution in [0.1, 0.15) is 28.9 Å². The van der Waals surface area contributed by atoms with Crippen molar-refractivity contribution in [3.8, 4) is 0 Å². The third-order valence-electron chi connectivity index (χ3n) is 3.48. The summed E-state index contributed by atoms with van der Waals surface area (Å²) in [5.41, 5.74) is 7.18. The SMILES string of the molecule is Cc1ccc(C(=O)C2CCN(C)CC2)nc1N. The molecule has 0 radical (unpaired) electrons. The van der Waals surface area contributed by atoms with Crippen LogP contribution in [0.2, 0.25) is 0 Å². The number of nitrogens with zero attached hydrogens (tertiary/aromatic N) is 2. The van der Waals surface area contributed by atoms with Gasteiger partial charge >= 0.3 is 0 Å². The van der Waals surface area contributed by atoms with E-state index >= 15 is 0 Å². The van der Waals surface area contributed by atoms with Crippen molar-refractivity contribution in [2.24, 2.45) is 5.92 Å². The van der Waals surface area contributed by atoms with Gasteiger partial charge < -0.3 is 10.6 Å². The van der Waals surface area contributed by atoms with Gasteiger partial charge in [-0.25, -0.2) is 4.98 Å². The maximum atomic E-state index is 12.2. The van der Waals surface area contributed by atoms with E-state index in [1.165, 1.54) is 0 Å². The van der Waals surface area contributed by atoms with Gasteiger partial charge in [0.2, 0.25) is 0 Å². The van der Waals surface area contributed by atoms with Crippen LogP contribution in [0.5, 0.6) is 0 Å². The quantitative estimate of drug-likeness (QED) is 0.786.